The first-order valence-corrected chi connectivity index (χ1v) is 14.4. The molecule has 4 rings (SSSR count). The maximum absolute atomic E-state index is 13.6. The van der Waals surface area contributed by atoms with E-state index < -0.39 is 19.0 Å². The Hall–Kier alpha value is -1.40. The number of carboxylic acids is 1. The molecule has 0 bridgehead atoms. The predicted molar refractivity (Wildman–Crippen MR) is 131 cm³/mol. The minimum absolute atomic E-state index is 0.0490. The molecule has 0 aliphatic heterocycles. The van der Waals surface area contributed by atoms with Gasteiger partial charge in [0.15, 0.2) is 0 Å². The number of aryl methyl sites for hydroxylation is 1. The van der Waals surface area contributed by atoms with E-state index in [4.69, 9.17) is 9.26 Å². The Bertz CT molecular complexity index is 982. The van der Waals surface area contributed by atoms with Gasteiger partial charge in [0.2, 0.25) is 0 Å². The van der Waals surface area contributed by atoms with E-state index in [1.165, 1.54) is 25.2 Å². The predicted octanol–water partition coefficient (Wildman–Crippen LogP) is 5.17. The van der Waals surface area contributed by atoms with Crippen LogP contribution < -0.4 is 9.61 Å². The average Bonchev–Trinajstić information content (AvgIpc) is 3.07. The molecule has 0 amide bonds. The smallest absolute Gasteiger partial charge is 0.342 e. The van der Waals surface area contributed by atoms with E-state index in [0.717, 1.165) is 38.5 Å². The van der Waals surface area contributed by atoms with Crippen LogP contribution in [0.15, 0.2) is 18.2 Å². The van der Waals surface area contributed by atoms with E-state index >= 15 is 0 Å². The SMILES string of the molecule is COCP(=O)(NC(C)(C(=O)O)C(C)C)Oc1ccc2c(c1)CC[C@@H]1[C@@H]2CC[C@]2(C)[C@@H](O)CC[C@@H]12. The number of rotatable bonds is 8. The number of methoxy groups -OCH3 is 1. The molecule has 34 heavy (non-hydrogen) atoms. The quantitative estimate of drug-likeness (QED) is 0.429. The Balaban J connectivity index is 1.56. The molecule has 8 heteroatoms. The van der Waals surface area contributed by atoms with Crippen molar-refractivity contribution in [1.29, 1.82) is 0 Å². The fourth-order valence-electron chi connectivity index (χ4n) is 6.79. The fraction of sp³-hybridized carbons (Fsp3) is 0.731. The highest BCUT2D eigenvalue weighted by molar-refractivity contribution is 7.57. The van der Waals surface area contributed by atoms with Gasteiger partial charge in [-0.2, -0.15) is 0 Å². The molecule has 7 nitrogen and oxygen atoms in total. The number of aliphatic hydroxyl groups excluding tert-OH is 1. The van der Waals surface area contributed by atoms with Crippen LogP contribution >= 0.6 is 7.52 Å². The van der Waals surface area contributed by atoms with Gasteiger partial charge in [0.05, 0.1) is 6.10 Å². The lowest BCUT2D eigenvalue weighted by molar-refractivity contribution is -0.145. The largest absolute Gasteiger partial charge is 0.480 e. The third-order valence-corrected chi connectivity index (χ3v) is 11.1. The molecule has 1 aromatic rings. The van der Waals surface area contributed by atoms with Crippen molar-refractivity contribution in [1.82, 2.24) is 5.09 Å². The molecule has 7 atom stereocenters. The van der Waals surface area contributed by atoms with Crippen LogP contribution in [0.25, 0.3) is 0 Å². The summed E-state index contributed by atoms with van der Waals surface area (Å²) in [6.45, 7) is 7.34. The summed E-state index contributed by atoms with van der Waals surface area (Å²) >= 11 is 0. The molecule has 2 saturated carbocycles. The lowest BCUT2D eigenvalue weighted by Gasteiger charge is -2.50. The van der Waals surface area contributed by atoms with Crippen molar-refractivity contribution >= 4 is 13.5 Å². The molecular weight excluding hydrogens is 453 g/mol. The van der Waals surface area contributed by atoms with Gasteiger partial charge >= 0.3 is 13.5 Å². The van der Waals surface area contributed by atoms with Gasteiger partial charge in [-0.05, 0) is 97.8 Å². The maximum atomic E-state index is 13.6. The van der Waals surface area contributed by atoms with Gasteiger partial charge < -0.3 is 19.5 Å². The van der Waals surface area contributed by atoms with Crippen LogP contribution in [-0.4, -0.2) is 41.3 Å². The highest BCUT2D eigenvalue weighted by Gasteiger charge is 2.54. The summed E-state index contributed by atoms with van der Waals surface area (Å²) in [4.78, 5) is 11.9. The molecule has 0 aromatic heterocycles. The Morgan fingerprint density at radius 3 is 2.68 bits per heavy atom. The first kappa shape index (κ1) is 25.7. The molecule has 2 unspecified atom stereocenters. The van der Waals surface area contributed by atoms with Gasteiger partial charge in [0.1, 0.15) is 17.6 Å². The van der Waals surface area contributed by atoms with Crippen LogP contribution in [0.3, 0.4) is 0 Å². The van der Waals surface area contributed by atoms with Crippen molar-refractivity contribution in [3.8, 4) is 5.75 Å². The summed E-state index contributed by atoms with van der Waals surface area (Å²) in [7, 11) is -2.22. The first-order valence-electron chi connectivity index (χ1n) is 12.5. The lowest BCUT2D eigenvalue weighted by Crippen LogP contribution is -2.52. The highest BCUT2D eigenvalue weighted by Crippen LogP contribution is 2.61. The third kappa shape index (κ3) is 4.34. The molecule has 1 aromatic carbocycles. The first-order chi connectivity index (χ1) is 15.9. The standard InChI is InChI=1S/C26H40NO6P/c1-16(2)26(4,24(29)30)27-34(31,15-32-5)33-18-7-9-19-17(14-18)6-8-21-20(19)12-13-25(3)22(21)10-11-23(25)28/h7,9,14,16,20-23,28H,6,8,10-13,15H2,1-5H3,(H,27,31)(H,29,30)/t20-,21-,22+,23+,25+,26?,34?/m1/s1. The van der Waals surface area contributed by atoms with Crippen LogP contribution in [0.5, 0.6) is 5.75 Å². The molecule has 3 aliphatic rings. The molecule has 0 spiro atoms. The van der Waals surface area contributed by atoms with Gasteiger partial charge in [-0.25, -0.2) is 5.09 Å². The second kappa shape index (κ2) is 9.24. The molecule has 3 aliphatic carbocycles. The Morgan fingerprint density at radius 1 is 1.29 bits per heavy atom. The van der Waals surface area contributed by atoms with Crippen molar-refractivity contribution in [3.63, 3.8) is 0 Å². The van der Waals surface area contributed by atoms with E-state index in [2.05, 4.69) is 18.1 Å². The van der Waals surface area contributed by atoms with Crippen LogP contribution in [0, 0.1) is 23.2 Å². The molecule has 2 fully saturated rings. The second-order valence-electron chi connectivity index (χ2n) is 11.4. The summed E-state index contributed by atoms with van der Waals surface area (Å²) in [5, 5.41) is 23.2. The molecule has 3 N–H and O–H groups in total. The Kier molecular flexibility index (Phi) is 6.98. The number of benzene rings is 1. The van der Waals surface area contributed by atoms with Gasteiger partial charge in [-0.15, -0.1) is 0 Å². The van der Waals surface area contributed by atoms with Gasteiger partial charge in [-0.3, -0.25) is 9.36 Å². The minimum Gasteiger partial charge on any atom is -0.480 e. The summed E-state index contributed by atoms with van der Waals surface area (Å²) < 4.78 is 24.8. The fourth-order valence-corrected chi connectivity index (χ4v) is 8.81. The van der Waals surface area contributed by atoms with E-state index in [-0.39, 0.29) is 23.8 Å². The number of fused-ring (bicyclic) bond motifs is 5. The van der Waals surface area contributed by atoms with Crippen molar-refractivity contribution in [2.24, 2.45) is 23.2 Å². The van der Waals surface area contributed by atoms with Gasteiger partial charge in [-0.1, -0.05) is 26.8 Å². The van der Waals surface area contributed by atoms with Crippen LogP contribution in [0.2, 0.25) is 0 Å². The number of ether oxygens (including phenoxy) is 1. The summed E-state index contributed by atoms with van der Waals surface area (Å²) in [6, 6.07) is 5.93. The number of hydrogen-bond donors (Lipinski definition) is 3. The van der Waals surface area contributed by atoms with Crippen LogP contribution in [0.1, 0.15) is 76.8 Å². The number of carboxylic acid groups (broad SMARTS) is 1. The lowest BCUT2D eigenvalue weighted by atomic mass is 9.55. The summed E-state index contributed by atoms with van der Waals surface area (Å²) in [5.41, 5.74) is 1.19. The second-order valence-corrected chi connectivity index (χ2v) is 13.4. The number of hydrogen-bond acceptors (Lipinski definition) is 5. The molecular formula is C26H40NO6P. The summed E-state index contributed by atoms with van der Waals surface area (Å²) in [5.74, 6) is 0.727. The van der Waals surface area contributed by atoms with E-state index in [9.17, 15) is 19.6 Å². The highest BCUT2D eigenvalue weighted by atomic mass is 31.2. The third-order valence-electron chi connectivity index (χ3n) is 9.20. The average molecular weight is 494 g/mol. The van der Waals surface area contributed by atoms with Gasteiger partial charge in [0.25, 0.3) is 0 Å². The molecule has 0 radical (unpaired) electrons. The number of aliphatic carboxylic acids is 1. The zero-order valence-electron chi connectivity index (χ0n) is 21.0. The number of nitrogens with one attached hydrogen (secondary N) is 1. The number of carbonyl (C=O) groups is 1. The Labute approximate surface area is 203 Å². The normalized spacial score (nSPS) is 33.9. The van der Waals surface area contributed by atoms with E-state index in [1.54, 1.807) is 13.8 Å². The van der Waals surface area contributed by atoms with E-state index in [0.29, 0.717) is 23.5 Å². The maximum Gasteiger partial charge on any atom is 0.342 e. The van der Waals surface area contributed by atoms with Crippen molar-refractivity contribution in [3.05, 3.63) is 29.3 Å². The molecule has 0 heterocycles. The van der Waals surface area contributed by atoms with Gasteiger partial charge in [0, 0.05) is 7.11 Å². The molecule has 0 saturated heterocycles. The Morgan fingerprint density at radius 2 is 2.03 bits per heavy atom. The van der Waals surface area contributed by atoms with Crippen LogP contribution in [-0.2, 0) is 20.5 Å². The van der Waals surface area contributed by atoms with Crippen molar-refractivity contribution in [2.75, 3.05) is 13.5 Å². The topological polar surface area (TPSA) is 105 Å². The zero-order valence-corrected chi connectivity index (χ0v) is 21.9. The summed E-state index contributed by atoms with van der Waals surface area (Å²) in [6.07, 6.45) is 5.76. The molecule has 190 valence electrons. The van der Waals surface area contributed by atoms with E-state index in [1.807, 2.05) is 12.1 Å². The zero-order chi connectivity index (χ0) is 24.9. The monoisotopic (exact) mass is 493 g/mol. The van der Waals surface area contributed by atoms with Crippen molar-refractivity contribution in [2.45, 2.75) is 83.8 Å². The number of aliphatic hydroxyl groups is 1. The van der Waals surface area contributed by atoms with Crippen molar-refractivity contribution < 1.29 is 28.8 Å². The van der Waals surface area contributed by atoms with Crippen LogP contribution in [0.4, 0.5) is 0 Å². The minimum atomic E-state index is -3.65.